The average Bonchev–Trinajstić information content (AvgIpc) is 2.96. The summed E-state index contributed by atoms with van der Waals surface area (Å²) in [7, 11) is -8.75. The van der Waals surface area contributed by atoms with Crippen molar-refractivity contribution in [3.8, 4) is 11.1 Å². The summed E-state index contributed by atoms with van der Waals surface area (Å²) in [4.78, 5) is -0.414. The van der Waals surface area contributed by atoms with Crippen molar-refractivity contribution in [2.45, 2.75) is 22.1 Å². The van der Waals surface area contributed by atoms with Crippen molar-refractivity contribution in [2.75, 3.05) is 0 Å². The monoisotopic (exact) mass is 604 g/mol. The minimum absolute atomic E-state index is 0.207. The fraction of sp³-hybridized carbons (Fsp3) is 0.0769. The summed E-state index contributed by atoms with van der Waals surface area (Å²) < 4.78 is 66.0. The Balaban J connectivity index is 1.85. The predicted octanol–water partition coefficient (Wildman–Crippen LogP) is 5.37. The summed E-state index contributed by atoms with van der Waals surface area (Å²) in [6.45, 7) is 0. The quantitative estimate of drug-likeness (QED) is 0.239. The van der Waals surface area contributed by atoms with E-state index >= 15 is 0 Å². The molecule has 0 radical (unpaired) electrons. The molecule has 0 fully saturated rings. The van der Waals surface area contributed by atoms with Gasteiger partial charge in [-0.3, -0.25) is 0 Å². The van der Waals surface area contributed by atoms with E-state index < -0.39 is 25.5 Å². The molecule has 10 heteroatoms. The maximum absolute atomic E-state index is 11.7. The van der Waals surface area contributed by atoms with E-state index in [1.165, 1.54) is 24.3 Å². The molecule has 36 heavy (non-hydrogen) atoms. The van der Waals surface area contributed by atoms with Crippen LogP contribution in [0.25, 0.3) is 11.1 Å². The number of benzene rings is 4. The topological polar surface area (TPSA) is 109 Å². The molecule has 0 aliphatic carbocycles. The Morgan fingerprint density at radius 3 is 1.22 bits per heavy atom. The van der Waals surface area contributed by atoms with Gasteiger partial charge in [-0.15, -0.1) is 0 Å². The van der Waals surface area contributed by atoms with E-state index in [1.54, 1.807) is 24.3 Å². The third-order valence-corrected chi connectivity index (χ3v) is 17.4. The fourth-order valence-electron chi connectivity index (χ4n) is 5.04. The number of fused-ring (bicyclic) bond motifs is 3. The standard InChI is InChI=1S/C26H22BrO6PS2/c27-34(21-9-13-23(14-10-21)35(28,29)30,22-11-15-24(16-12-22)36(31,32)33)17-19-5-1-3-7-25(19)26-8-4-2-6-20(26)18-34/h1-16H,17-18H2,(H,28,29,30)(H,31,32,33). The van der Waals surface area contributed by atoms with Gasteiger partial charge in [0.1, 0.15) is 0 Å². The Kier molecular flexibility index (Phi) is 6.03. The predicted molar refractivity (Wildman–Crippen MR) is 147 cm³/mol. The van der Waals surface area contributed by atoms with E-state index in [-0.39, 0.29) is 9.79 Å². The molecule has 186 valence electrons. The number of rotatable bonds is 4. The Morgan fingerprint density at radius 2 is 0.889 bits per heavy atom. The van der Waals surface area contributed by atoms with Gasteiger partial charge in [0.05, 0.1) is 0 Å². The first-order valence-corrected chi connectivity index (χ1v) is 18.4. The van der Waals surface area contributed by atoms with Crippen molar-refractivity contribution in [1.82, 2.24) is 0 Å². The van der Waals surface area contributed by atoms with Gasteiger partial charge in [0.2, 0.25) is 0 Å². The van der Waals surface area contributed by atoms with Crippen LogP contribution in [-0.2, 0) is 32.6 Å². The molecule has 1 aliphatic rings. The maximum atomic E-state index is 11.7. The molecular weight excluding hydrogens is 583 g/mol. The van der Waals surface area contributed by atoms with Crippen LogP contribution in [0.3, 0.4) is 0 Å². The molecule has 0 saturated carbocycles. The molecule has 6 nitrogen and oxygen atoms in total. The van der Waals surface area contributed by atoms with E-state index in [9.17, 15) is 25.9 Å². The summed E-state index contributed by atoms with van der Waals surface area (Å²) >= 11 is 4.27. The summed E-state index contributed by atoms with van der Waals surface area (Å²) in [6.07, 6.45) is 1.15. The van der Waals surface area contributed by atoms with Crippen LogP contribution in [0.1, 0.15) is 11.1 Å². The zero-order valence-electron chi connectivity index (χ0n) is 18.8. The van der Waals surface area contributed by atoms with E-state index in [1.807, 2.05) is 24.3 Å². The van der Waals surface area contributed by atoms with Gasteiger partial charge < -0.3 is 0 Å². The van der Waals surface area contributed by atoms with E-state index in [4.69, 9.17) is 0 Å². The SMILES string of the molecule is O=S(=O)(O)c1ccc(P2(Br)(c3ccc(S(=O)(=O)O)cc3)Cc3ccccc3-c3ccccc3C2)cc1. The second-order valence-electron chi connectivity index (χ2n) is 8.94. The van der Waals surface area contributed by atoms with Gasteiger partial charge in [-0.25, -0.2) is 0 Å². The summed E-state index contributed by atoms with van der Waals surface area (Å²) in [5, 5.41) is -1.72. The second kappa shape index (κ2) is 8.58. The molecule has 2 N–H and O–H groups in total. The van der Waals surface area contributed by atoms with E-state index in [2.05, 4.69) is 39.8 Å². The van der Waals surface area contributed by atoms with Crippen LogP contribution in [0.2, 0.25) is 0 Å². The molecule has 4 aromatic rings. The van der Waals surface area contributed by atoms with Crippen molar-refractivity contribution in [3.05, 3.63) is 108 Å². The van der Waals surface area contributed by atoms with Crippen LogP contribution >= 0.6 is 20.8 Å². The summed E-state index contributed by atoms with van der Waals surface area (Å²) in [5.74, 6) is 0. The van der Waals surface area contributed by atoms with E-state index in [0.717, 1.165) is 32.9 Å². The number of halogens is 1. The van der Waals surface area contributed by atoms with Gasteiger partial charge in [0, 0.05) is 0 Å². The van der Waals surface area contributed by atoms with Crippen molar-refractivity contribution in [3.63, 3.8) is 0 Å². The van der Waals surface area contributed by atoms with Crippen LogP contribution in [0.5, 0.6) is 0 Å². The third-order valence-electron chi connectivity index (χ3n) is 6.78. The molecule has 1 heterocycles. The minimum atomic E-state index is -4.38. The van der Waals surface area contributed by atoms with Gasteiger partial charge in [-0.1, -0.05) is 0 Å². The molecule has 0 aromatic heterocycles. The zero-order chi connectivity index (χ0) is 25.8. The Labute approximate surface area is 218 Å². The molecular formula is C26H22BrO6PS2. The van der Waals surface area contributed by atoms with Crippen molar-refractivity contribution in [1.29, 1.82) is 0 Å². The Bertz CT molecular complexity index is 1570. The van der Waals surface area contributed by atoms with Gasteiger partial charge in [0.15, 0.2) is 0 Å². The molecule has 0 amide bonds. The molecule has 1 aliphatic heterocycles. The molecule has 0 spiro atoms. The summed E-state index contributed by atoms with van der Waals surface area (Å²) in [5.41, 5.74) is 4.38. The fourth-order valence-corrected chi connectivity index (χ4v) is 13.8. The Hall–Kier alpha value is -2.39. The van der Waals surface area contributed by atoms with Crippen LogP contribution in [-0.4, -0.2) is 25.9 Å². The average molecular weight is 605 g/mol. The number of hydrogen-bond acceptors (Lipinski definition) is 4. The molecule has 5 rings (SSSR count). The first-order valence-electron chi connectivity index (χ1n) is 10.9. The molecule has 0 unspecified atom stereocenters. The normalized spacial score (nSPS) is 17.6. The van der Waals surface area contributed by atoms with Crippen LogP contribution in [0, 0.1) is 0 Å². The first kappa shape index (κ1) is 25.3. The van der Waals surface area contributed by atoms with Crippen molar-refractivity contribution < 1.29 is 25.9 Å². The summed E-state index contributed by atoms with van der Waals surface area (Å²) in [6, 6.07) is 28.6. The molecule has 0 bridgehead atoms. The van der Waals surface area contributed by atoms with Gasteiger partial charge in [-0.2, -0.15) is 0 Å². The third kappa shape index (κ3) is 4.24. The number of hydrogen-bond donors (Lipinski definition) is 2. The molecule has 4 aromatic carbocycles. The van der Waals surface area contributed by atoms with Crippen LogP contribution in [0.4, 0.5) is 0 Å². The molecule has 0 saturated heterocycles. The van der Waals surface area contributed by atoms with Gasteiger partial charge in [-0.05, 0) is 0 Å². The first-order chi connectivity index (χ1) is 16.9. The second-order valence-corrected chi connectivity index (χ2v) is 21.3. The van der Waals surface area contributed by atoms with E-state index in [0.29, 0.717) is 12.3 Å². The van der Waals surface area contributed by atoms with Crippen LogP contribution < -0.4 is 10.6 Å². The van der Waals surface area contributed by atoms with Crippen molar-refractivity contribution in [2.24, 2.45) is 0 Å². The van der Waals surface area contributed by atoms with Gasteiger partial charge in [0.25, 0.3) is 0 Å². The molecule has 0 atom stereocenters. The Morgan fingerprint density at radius 1 is 0.556 bits per heavy atom. The van der Waals surface area contributed by atoms with Gasteiger partial charge >= 0.3 is 219 Å². The van der Waals surface area contributed by atoms with Crippen LogP contribution in [0.15, 0.2) is 107 Å². The van der Waals surface area contributed by atoms with Crippen molar-refractivity contribution >= 4 is 51.6 Å². The zero-order valence-corrected chi connectivity index (χ0v) is 22.9.